The molecule has 1 atom stereocenters. The minimum absolute atomic E-state index is 0.129. The summed E-state index contributed by atoms with van der Waals surface area (Å²) in [6.45, 7) is 2.76. The Bertz CT molecular complexity index is 559. The highest BCUT2D eigenvalue weighted by Gasteiger charge is 2.41. The van der Waals surface area contributed by atoms with Gasteiger partial charge in [-0.15, -0.1) is 0 Å². The van der Waals surface area contributed by atoms with Gasteiger partial charge in [-0.05, 0) is 12.1 Å². The Morgan fingerprint density at radius 1 is 1.43 bits per heavy atom. The maximum Gasteiger partial charge on any atom is 0.419 e. The molecule has 0 fully saturated rings. The fourth-order valence-electron chi connectivity index (χ4n) is 1.57. The molecular formula is C14H16F3IN2O3. The van der Waals surface area contributed by atoms with Crippen LogP contribution in [0.3, 0.4) is 0 Å². The molecule has 0 aliphatic heterocycles. The van der Waals surface area contributed by atoms with Gasteiger partial charge in [-0.2, -0.15) is 13.2 Å². The lowest BCUT2D eigenvalue weighted by Crippen LogP contribution is -2.34. The van der Waals surface area contributed by atoms with Crippen LogP contribution in [0.1, 0.15) is 19.5 Å². The van der Waals surface area contributed by atoms with Gasteiger partial charge in [0.2, 0.25) is 0 Å². The first-order valence-corrected chi connectivity index (χ1v) is 7.48. The summed E-state index contributed by atoms with van der Waals surface area (Å²) < 4.78 is 46.9. The molecule has 0 saturated carbocycles. The van der Waals surface area contributed by atoms with Crippen molar-refractivity contribution in [1.82, 2.24) is 4.98 Å². The summed E-state index contributed by atoms with van der Waals surface area (Å²) in [6, 6.07) is 2.88. The SMILES string of the molecule is CC(C)C(=O)C(=CN)c1ccc(OCC(OI)C(F)(F)F)cn1. The average Bonchev–Trinajstić information content (AvgIpc) is 2.48. The number of hydrogen-bond donors (Lipinski definition) is 1. The molecule has 0 spiro atoms. The van der Waals surface area contributed by atoms with Crippen LogP contribution in [0.2, 0.25) is 0 Å². The van der Waals surface area contributed by atoms with E-state index in [0.29, 0.717) is 5.69 Å². The van der Waals surface area contributed by atoms with Gasteiger partial charge in [-0.3, -0.25) is 12.8 Å². The van der Waals surface area contributed by atoms with Gasteiger partial charge >= 0.3 is 6.18 Å². The van der Waals surface area contributed by atoms with Crippen molar-refractivity contribution < 1.29 is 25.8 Å². The lowest BCUT2D eigenvalue weighted by atomic mass is 9.99. The van der Waals surface area contributed by atoms with Crippen molar-refractivity contribution in [3.8, 4) is 5.75 Å². The van der Waals surface area contributed by atoms with E-state index in [1.807, 2.05) is 0 Å². The lowest BCUT2D eigenvalue weighted by Gasteiger charge is -2.17. The smallest absolute Gasteiger partial charge is 0.419 e. The third-order valence-electron chi connectivity index (χ3n) is 2.84. The summed E-state index contributed by atoms with van der Waals surface area (Å²) in [5, 5.41) is 0. The Morgan fingerprint density at radius 2 is 2.09 bits per heavy atom. The molecule has 2 N–H and O–H groups in total. The minimum Gasteiger partial charge on any atom is -0.489 e. The van der Waals surface area contributed by atoms with Crippen LogP contribution in [0.25, 0.3) is 5.57 Å². The lowest BCUT2D eigenvalue weighted by molar-refractivity contribution is -0.193. The summed E-state index contributed by atoms with van der Waals surface area (Å²) in [7, 11) is 0. The molecule has 9 heteroatoms. The molecule has 0 aliphatic carbocycles. The molecule has 0 aromatic carbocycles. The second-order valence-electron chi connectivity index (χ2n) is 4.91. The Balaban J connectivity index is 2.79. The maximum atomic E-state index is 12.5. The van der Waals surface area contributed by atoms with Crippen molar-refractivity contribution in [2.45, 2.75) is 26.1 Å². The predicted octanol–water partition coefficient (Wildman–Crippen LogP) is 3.28. The minimum atomic E-state index is -4.52. The van der Waals surface area contributed by atoms with E-state index in [-0.39, 0.29) is 23.0 Å². The van der Waals surface area contributed by atoms with Crippen LogP contribution in [-0.4, -0.2) is 29.7 Å². The number of ether oxygens (including phenoxy) is 1. The molecular weight excluding hydrogens is 428 g/mol. The van der Waals surface area contributed by atoms with Crippen molar-refractivity contribution >= 4 is 34.4 Å². The fourth-order valence-corrected chi connectivity index (χ4v) is 2.01. The topological polar surface area (TPSA) is 74.4 Å². The van der Waals surface area contributed by atoms with Gasteiger partial charge in [-0.25, -0.2) is 0 Å². The Labute approximate surface area is 145 Å². The second kappa shape index (κ2) is 8.48. The monoisotopic (exact) mass is 444 g/mol. The number of pyridine rings is 1. The van der Waals surface area contributed by atoms with Gasteiger partial charge < -0.3 is 10.5 Å². The standard InChI is InChI=1S/C14H16F3IN2O3/c1-8(2)13(21)10(5-19)11-4-3-9(6-20-11)22-7-12(23-18)14(15,16)17/h3-6,8,12H,7,19H2,1-2H3. The molecule has 1 aromatic rings. The molecule has 0 bridgehead atoms. The predicted molar refractivity (Wildman–Crippen MR) is 86.7 cm³/mol. The molecule has 23 heavy (non-hydrogen) atoms. The normalized spacial score (nSPS) is 14.0. The Hall–Kier alpha value is -1.36. The third-order valence-corrected chi connectivity index (χ3v) is 3.46. The van der Waals surface area contributed by atoms with Gasteiger partial charge in [0, 0.05) is 12.1 Å². The van der Waals surface area contributed by atoms with Gasteiger partial charge in [0.05, 0.1) is 17.5 Å². The number of ketones is 1. The van der Waals surface area contributed by atoms with Crippen molar-refractivity contribution in [2.24, 2.45) is 11.7 Å². The number of carbonyl (C=O) groups is 1. The Morgan fingerprint density at radius 3 is 2.48 bits per heavy atom. The quantitative estimate of drug-likeness (QED) is 0.516. The number of aromatic nitrogens is 1. The number of carbonyl (C=O) groups excluding carboxylic acids is 1. The molecule has 0 amide bonds. The van der Waals surface area contributed by atoms with E-state index in [1.165, 1.54) is 41.3 Å². The van der Waals surface area contributed by atoms with Gasteiger partial charge in [0.15, 0.2) is 11.9 Å². The third kappa shape index (κ3) is 5.65. The molecule has 5 nitrogen and oxygen atoms in total. The highest BCUT2D eigenvalue weighted by Crippen LogP contribution is 2.26. The van der Waals surface area contributed by atoms with Crippen LogP contribution in [0.5, 0.6) is 5.75 Å². The van der Waals surface area contributed by atoms with E-state index in [4.69, 9.17) is 10.5 Å². The maximum absolute atomic E-state index is 12.5. The van der Waals surface area contributed by atoms with E-state index < -0.39 is 18.9 Å². The summed E-state index contributed by atoms with van der Waals surface area (Å²) in [5.74, 6) is -0.301. The van der Waals surface area contributed by atoms with Crippen molar-refractivity contribution in [3.05, 3.63) is 30.2 Å². The summed E-state index contributed by atoms with van der Waals surface area (Å²) in [6.07, 6.45) is -4.17. The van der Waals surface area contributed by atoms with Gasteiger partial charge in [0.1, 0.15) is 35.4 Å². The number of halogens is 4. The number of Topliss-reactive ketones (excluding diaryl/α,β-unsaturated/α-hetero) is 1. The zero-order valence-corrected chi connectivity index (χ0v) is 14.6. The highest BCUT2D eigenvalue weighted by atomic mass is 127. The summed E-state index contributed by atoms with van der Waals surface area (Å²) in [4.78, 5) is 16.0. The van der Waals surface area contributed by atoms with Crippen LogP contribution in [-0.2, 0) is 7.86 Å². The zero-order valence-electron chi connectivity index (χ0n) is 12.4. The molecule has 1 heterocycles. The van der Waals surface area contributed by atoms with Crippen molar-refractivity contribution in [2.75, 3.05) is 6.61 Å². The number of nitrogens with two attached hydrogens (primary N) is 1. The first-order valence-electron chi connectivity index (χ1n) is 6.60. The summed E-state index contributed by atoms with van der Waals surface area (Å²) >= 11 is 1.18. The zero-order chi connectivity index (χ0) is 17.6. The Kier molecular flexibility index (Phi) is 7.26. The van der Waals surface area contributed by atoms with E-state index in [0.717, 1.165) is 6.20 Å². The van der Waals surface area contributed by atoms with Crippen molar-refractivity contribution in [3.63, 3.8) is 0 Å². The van der Waals surface area contributed by atoms with E-state index in [1.54, 1.807) is 13.8 Å². The largest absolute Gasteiger partial charge is 0.489 e. The summed E-state index contributed by atoms with van der Waals surface area (Å²) in [5.41, 5.74) is 6.02. The van der Waals surface area contributed by atoms with Gasteiger partial charge in [0.25, 0.3) is 0 Å². The van der Waals surface area contributed by atoms with E-state index in [2.05, 4.69) is 8.05 Å². The van der Waals surface area contributed by atoms with E-state index in [9.17, 15) is 18.0 Å². The molecule has 128 valence electrons. The molecule has 0 aliphatic rings. The first kappa shape index (κ1) is 19.7. The highest BCUT2D eigenvalue weighted by molar-refractivity contribution is 14.1. The van der Waals surface area contributed by atoms with Crippen LogP contribution in [0, 0.1) is 5.92 Å². The molecule has 1 unspecified atom stereocenters. The average molecular weight is 444 g/mol. The molecule has 1 aromatic heterocycles. The van der Waals surface area contributed by atoms with Crippen LogP contribution >= 0.6 is 23.0 Å². The molecule has 0 radical (unpaired) electrons. The first-order chi connectivity index (χ1) is 10.7. The van der Waals surface area contributed by atoms with Crippen LogP contribution < -0.4 is 10.5 Å². The molecule has 1 rings (SSSR count). The van der Waals surface area contributed by atoms with Gasteiger partial charge in [-0.1, -0.05) is 13.8 Å². The number of hydrogen-bond acceptors (Lipinski definition) is 5. The fraction of sp³-hybridized carbons (Fsp3) is 0.429. The molecule has 0 saturated heterocycles. The second-order valence-corrected chi connectivity index (χ2v) is 5.42. The van der Waals surface area contributed by atoms with E-state index >= 15 is 0 Å². The van der Waals surface area contributed by atoms with Crippen LogP contribution in [0.4, 0.5) is 13.2 Å². The number of allylic oxidation sites excluding steroid dienone is 1. The van der Waals surface area contributed by atoms with Crippen molar-refractivity contribution in [1.29, 1.82) is 0 Å². The number of nitrogens with zero attached hydrogens (tertiary/aromatic N) is 1. The number of alkyl halides is 3. The van der Waals surface area contributed by atoms with Crippen LogP contribution in [0.15, 0.2) is 24.5 Å². The number of rotatable bonds is 7.